The zero-order chi connectivity index (χ0) is 24.8. The second-order valence-electron chi connectivity index (χ2n) is 11.3. The molecule has 0 spiro atoms. The Morgan fingerprint density at radius 1 is 0.886 bits per heavy atom. The summed E-state index contributed by atoms with van der Waals surface area (Å²) in [5.74, 6) is 4.32. The Morgan fingerprint density at radius 3 is 2.40 bits per heavy atom. The van der Waals surface area contributed by atoms with E-state index in [1.807, 2.05) is 30.3 Å². The van der Waals surface area contributed by atoms with Crippen LogP contribution >= 0.6 is 0 Å². The van der Waals surface area contributed by atoms with E-state index in [4.69, 9.17) is 9.47 Å². The van der Waals surface area contributed by atoms with Crippen LogP contribution in [0.1, 0.15) is 65.2 Å². The van der Waals surface area contributed by atoms with Gasteiger partial charge in [0.1, 0.15) is 5.78 Å². The van der Waals surface area contributed by atoms with Gasteiger partial charge in [-0.25, -0.2) is 0 Å². The van der Waals surface area contributed by atoms with Crippen LogP contribution in [0.4, 0.5) is 0 Å². The van der Waals surface area contributed by atoms with E-state index in [0.29, 0.717) is 35.1 Å². The van der Waals surface area contributed by atoms with Crippen molar-refractivity contribution in [1.29, 1.82) is 0 Å². The van der Waals surface area contributed by atoms with Gasteiger partial charge in [0.2, 0.25) is 0 Å². The van der Waals surface area contributed by atoms with Crippen LogP contribution in [-0.2, 0) is 9.59 Å². The Labute approximate surface area is 208 Å². The van der Waals surface area contributed by atoms with Gasteiger partial charge in [0.05, 0.1) is 19.7 Å². The number of fused-ring (bicyclic) bond motifs is 6. The van der Waals surface area contributed by atoms with E-state index < -0.39 is 0 Å². The van der Waals surface area contributed by atoms with Crippen molar-refractivity contribution in [3.05, 3.63) is 42.1 Å². The van der Waals surface area contributed by atoms with Crippen LogP contribution in [0.2, 0.25) is 0 Å². The van der Waals surface area contributed by atoms with Crippen molar-refractivity contribution in [2.75, 3.05) is 14.2 Å². The number of ether oxygens (including phenoxy) is 2. The van der Waals surface area contributed by atoms with Crippen LogP contribution < -0.4 is 9.47 Å². The van der Waals surface area contributed by atoms with E-state index in [1.54, 1.807) is 20.4 Å². The first-order chi connectivity index (χ1) is 16.8. The van der Waals surface area contributed by atoms with Gasteiger partial charge < -0.3 is 9.47 Å². The molecule has 0 bridgehead atoms. The number of carbonyl (C=O) groups excluding carboxylic acids is 2. The van der Waals surface area contributed by atoms with Crippen molar-refractivity contribution >= 4 is 22.5 Å². The molecule has 0 radical (unpaired) electrons. The van der Waals surface area contributed by atoms with E-state index in [0.717, 1.165) is 55.2 Å². The number of pyridine rings is 1. The monoisotopic (exact) mass is 475 g/mol. The minimum Gasteiger partial charge on any atom is -0.493 e. The maximum Gasteiger partial charge on any atom is 0.162 e. The topological polar surface area (TPSA) is 65.5 Å². The second-order valence-corrected chi connectivity index (χ2v) is 11.3. The first-order valence-electron chi connectivity index (χ1n) is 13.0. The molecule has 5 nitrogen and oxygen atoms in total. The Balaban J connectivity index is 0.000000158. The molecule has 5 atom stereocenters. The number of carbonyl (C=O) groups is 2. The lowest BCUT2D eigenvalue weighted by molar-refractivity contribution is -0.132. The third kappa shape index (κ3) is 3.97. The van der Waals surface area contributed by atoms with Crippen LogP contribution in [0.15, 0.2) is 42.1 Å². The Kier molecular flexibility index (Phi) is 6.23. The van der Waals surface area contributed by atoms with Crippen molar-refractivity contribution in [2.45, 2.75) is 65.2 Å². The van der Waals surface area contributed by atoms with E-state index in [1.165, 1.54) is 18.4 Å². The summed E-state index contributed by atoms with van der Waals surface area (Å²) in [7, 11) is 3.24. The molecule has 1 aromatic carbocycles. The van der Waals surface area contributed by atoms with E-state index in [9.17, 15) is 9.59 Å². The summed E-state index contributed by atoms with van der Waals surface area (Å²) in [6.07, 6.45) is 12.0. The zero-order valence-corrected chi connectivity index (χ0v) is 21.4. The molecule has 3 fully saturated rings. The molecule has 0 unspecified atom stereocenters. The highest BCUT2D eigenvalue weighted by molar-refractivity contribution is 5.91. The van der Waals surface area contributed by atoms with Gasteiger partial charge in [-0.3, -0.25) is 14.6 Å². The number of benzene rings is 1. The molecule has 0 saturated heterocycles. The number of rotatable bonds is 2. The van der Waals surface area contributed by atoms with Crippen LogP contribution in [0.25, 0.3) is 10.9 Å². The Morgan fingerprint density at radius 2 is 1.63 bits per heavy atom. The van der Waals surface area contributed by atoms with Crippen molar-refractivity contribution in [2.24, 2.45) is 28.6 Å². The predicted octanol–water partition coefficient (Wildman–Crippen LogP) is 6.34. The molecule has 0 aliphatic heterocycles. The average molecular weight is 476 g/mol. The molecule has 1 aromatic heterocycles. The number of hydrogen-bond acceptors (Lipinski definition) is 5. The third-order valence-electron chi connectivity index (χ3n) is 9.78. The predicted molar refractivity (Wildman–Crippen MR) is 137 cm³/mol. The fraction of sp³-hybridized carbons (Fsp3) is 0.567. The van der Waals surface area contributed by atoms with Gasteiger partial charge in [-0.2, -0.15) is 0 Å². The maximum atomic E-state index is 12.4. The van der Waals surface area contributed by atoms with Crippen molar-refractivity contribution in [1.82, 2.24) is 4.98 Å². The lowest BCUT2D eigenvalue weighted by Crippen LogP contribution is -2.50. The van der Waals surface area contributed by atoms with E-state index in [-0.39, 0.29) is 10.8 Å². The fourth-order valence-electron chi connectivity index (χ4n) is 7.73. The SMILES string of the molecule is COc1cc2cccnc2cc1OC.C[C@]12CCC(=O)C=C1CC[C@@H]1[C@@H]2CC[C@]2(C)C(=O)CC[C@@H]12. The maximum absolute atomic E-state index is 12.4. The third-order valence-corrected chi connectivity index (χ3v) is 9.78. The fourth-order valence-corrected chi connectivity index (χ4v) is 7.73. The molecule has 5 heteroatoms. The van der Waals surface area contributed by atoms with Gasteiger partial charge in [0, 0.05) is 35.9 Å². The van der Waals surface area contributed by atoms with Gasteiger partial charge in [-0.05, 0) is 79.9 Å². The largest absolute Gasteiger partial charge is 0.493 e. The van der Waals surface area contributed by atoms with Crippen molar-refractivity contribution in [3.63, 3.8) is 0 Å². The summed E-state index contributed by atoms with van der Waals surface area (Å²) in [6, 6.07) is 7.67. The molecule has 3 saturated carbocycles. The molecule has 6 rings (SSSR count). The average Bonchev–Trinajstić information content (AvgIpc) is 3.18. The zero-order valence-electron chi connectivity index (χ0n) is 21.4. The van der Waals surface area contributed by atoms with Gasteiger partial charge in [0.15, 0.2) is 17.3 Å². The highest BCUT2D eigenvalue weighted by Gasteiger charge is 2.58. The summed E-state index contributed by atoms with van der Waals surface area (Å²) in [5, 5.41) is 1.05. The van der Waals surface area contributed by atoms with Crippen LogP contribution in [-0.4, -0.2) is 30.8 Å². The number of Topliss-reactive ketones (excluding diaryl/α,β-unsaturated/α-hetero) is 1. The normalized spacial score (nSPS) is 33.6. The van der Waals surface area contributed by atoms with Crippen molar-refractivity contribution in [3.8, 4) is 11.5 Å². The standard InChI is InChI=1S/C19H26O2.C11H11NO2/c1-18-9-7-13(20)11-12(18)3-4-14-15-5-6-17(21)19(15,2)10-8-16(14)18;1-13-10-6-8-4-3-5-12-9(8)7-11(10)14-2/h11,14-16H,3-10H2,1-2H3;3-7H,1-2H3/t14-,15-,16-,18-,19-;/m0./s1. The molecule has 0 amide bonds. The number of allylic oxidation sites excluding steroid dienone is 1. The van der Waals surface area contributed by atoms with Gasteiger partial charge in [-0.15, -0.1) is 0 Å². The van der Waals surface area contributed by atoms with Crippen molar-refractivity contribution < 1.29 is 19.1 Å². The highest BCUT2D eigenvalue weighted by atomic mass is 16.5. The summed E-state index contributed by atoms with van der Waals surface area (Å²) < 4.78 is 10.4. The number of hydrogen-bond donors (Lipinski definition) is 0. The molecule has 186 valence electrons. The highest BCUT2D eigenvalue weighted by Crippen LogP contribution is 2.64. The lowest BCUT2D eigenvalue weighted by atomic mass is 9.47. The van der Waals surface area contributed by atoms with E-state index in [2.05, 4.69) is 18.8 Å². The van der Waals surface area contributed by atoms with E-state index >= 15 is 0 Å². The first kappa shape index (κ1) is 24.0. The molecular weight excluding hydrogens is 438 g/mol. The smallest absolute Gasteiger partial charge is 0.162 e. The molecule has 35 heavy (non-hydrogen) atoms. The number of aromatic nitrogens is 1. The minimum atomic E-state index is -0.0246. The molecule has 4 aliphatic carbocycles. The summed E-state index contributed by atoms with van der Waals surface area (Å²) in [4.78, 5) is 28.4. The Bertz CT molecular complexity index is 1140. The first-order valence-corrected chi connectivity index (χ1v) is 13.0. The van der Waals surface area contributed by atoms with Gasteiger partial charge >= 0.3 is 0 Å². The molecule has 0 N–H and O–H groups in total. The summed E-state index contributed by atoms with van der Waals surface area (Å²) in [6.45, 7) is 4.64. The quantitative estimate of drug-likeness (QED) is 0.507. The molecular formula is C30H37NO4. The molecule has 2 aromatic rings. The summed E-state index contributed by atoms with van der Waals surface area (Å²) in [5.41, 5.74) is 2.55. The number of methoxy groups -OCH3 is 2. The summed E-state index contributed by atoms with van der Waals surface area (Å²) >= 11 is 0. The molecule has 4 aliphatic rings. The van der Waals surface area contributed by atoms with Gasteiger partial charge in [-0.1, -0.05) is 25.5 Å². The lowest BCUT2D eigenvalue weighted by Gasteiger charge is -2.56. The number of ketones is 2. The van der Waals surface area contributed by atoms with Crippen LogP contribution in [0, 0.1) is 28.6 Å². The minimum absolute atomic E-state index is 0.0246. The van der Waals surface area contributed by atoms with Crippen LogP contribution in [0.3, 0.4) is 0 Å². The number of nitrogens with zero attached hydrogens (tertiary/aromatic N) is 1. The Hall–Kier alpha value is -2.69. The van der Waals surface area contributed by atoms with Gasteiger partial charge in [0.25, 0.3) is 0 Å². The second kappa shape index (κ2) is 9.07. The molecule has 1 heterocycles. The van der Waals surface area contributed by atoms with Crippen LogP contribution in [0.5, 0.6) is 11.5 Å².